The summed E-state index contributed by atoms with van der Waals surface area (Å²) < 4.78 is 27.5. The van der Waals surface area contributed by atoms with E-state index in [-0.39, 0.29) is 6.04 Å². The van der Waals surface area contributed by atoms with Gasteiger partial charge in [0, 0.05) is 22.9 Å². The summed E-state index contributed by atoms with van der Waals surface area (Å²) in [6.45, 7) is 0.565. The molecule has 1 aliphatic rings. The lowest BCUT2D eigenvalue weighted by Crippen LogP contribution is -2.44. The van der Waals surface area contributed by atoms with Gasteiger partial charge in [0.05, 0.1) is 4.90 Å². The summed E-state index contributed by atoms with van der Waals surface area (Å²) in [6, 6.07) is 6.66. The van der Waals surface area contributed by atoms with Crippen molar-refractivity contribution in [2.24, 2.45) is 0 Å². The molecule has 100 valence electrons. The van der Waals surface area contributed by atoms with Crippen molar-refractivity contribution in [2.75, 3.05) is 12.4 Å². The maximum absolute atomic E-state index is 12.5. The molecule has 18 heavy (non-hydrogen) atoms. The fourth-order valence-electron chi connectivity index (χ4n) is 2.19. The molecule has 1 fully saturated rings. The highest BCUT2D eigenvalue weighted by molar-refractivity contribution is 9.10. The number of hydrogen-bond acceptors (Lipinski definition) is 2. The number of alkyl halides is 1. The van der Waals surface area contributed by atoms with Crippen LogP contribution in [-0.2, 0) is 10.0 Å². The Bertz CT molecular complexity index is 503. The van der Waals surface area contributed by atoms with E-state index in [2.05, 4.69) is 15.9 Å². The van der Waals surface area contributed by atoms with Crippen LogP contribution in [0.2, 0.25) is 0 Å². The summed E-state index contributed by atoms with van der Waals surface area (Å²) in [5.41, 5.74) is 0. The molecule has 0 aliphatic carbocycles. The topological polar surface area (TPSA) is 37.4 Å². The predicted molar refractivity (Wildman–Crippen MR) is 76.4 cm³/mol. The molecule has 0 bridgehead atoms. The van der Waals surface area contributed by atoms with Gasteiger partial charge in [0.25, 0.3) is 0 Å². The minimum absolute atomic E-state index is 0.0749. The second-order valence-electron chi connectivity index (χ2n) is 4.37. The first kappa shape index (κ1) is 14.3. The average molecular weight is 353 g/mol. The Balaban J connectivity index is 2.32. The van der Waals surface area contributed by atoms with Gasteiger partial charge in [-0.15, -0.1) is 11.6 Å². The highest BCUT2D eigenvalue weighted by Gasteiger charge is 2.32. The summed E-state index contributed by atoms with van der Waals surface area (Å²) >= 11 is 9.18. The van der Waals surface area contributed by atoms with Crippen LogP contribution in [0.1, 0.15) is 19.3 Å². The van der Waals surface area contributed by atoms with Crippen molar-refractivity contribution in [2.45, 2.75) is 30.2 Å². The van der Waals surface area contributed by atoms with E-state index in [1.807, 2.05) is 0 Å². The zero-order valence-electron chi connectivity index (χ0n) is 9.85. The first-order chi connectivity index (χ1) is 8.55. The summed E-state index contributed by atoms with van der Waals surface area (Å²) in [4.78, 5) is 0.336. The SMILES string of the molecule is O=S(=O)(c1ccc(Br)cc1)N1CCCCC1CCl. The van der Waals surface area contributed by atoms with Gasteiger partial charge in [-0.1, -0.05) is 22.4 Å². The van der Waals surface area contributed by atoms with Crippen LogP contribution in [-0.4, -0.2) is 31.2 Å². The van der Waals surface area contributed by atoms with Crippen molar-refractivity contribution >= 4 is 37.6 Å². The molecule has 2 rings (SSSR count). The van der Waals surface area contributed by atoms with E-state index in [0.29, 0.717) is 17.3 Å². The van der Waals surface area contributed by atoms with Crippen molar-refractivity contribution in [3.63, 3.8) is 0 Å². The summed E-state index contributed by atoms with van der Waals surface area (Å²) in [6.07, 6.45) is 2.80. The smallest absolute Gasteiger partial charge is 0.207 e. The Kier molecular flexibility index (Phi) is 4.69. The zero-order chi connectivity index (χ0) is 13.2. The van der Waals surface area contributed by atoms with Crippen molar-refractivity contribution in [3.05, 3.63) is 28.7 Å². The van der Waals surface area contributed by atoms with Gasteiger partial charge in [-0.3, -0.25) is 0 Å². The lowest BCUT2D eigenvalue weighted by Gasteiger charge is -2.33. The molecule has 0 saturated carbocycles. The van der Waals surface area contributed by atoms with Gasteiger partial charge in [0.15, 0.2) is 0 Å². The van der Waals surface area contributed by atoms with Gasteiger partial charge in [-0.25, -0.2) is 8.42 Å². The number of rotatable bonds is 3. The second kappa shape index (κ2) is 5.90. The standard InChI is InChI=1S/C12H15BrClNO2S/c13-10-4-6-12(7-5-10)18(16,17)15-8-2-1-3-11(15)9-14/h4-7,11H,1-3,8-9H2. The van der Waals surface area contributed by atoms with Crippen LogP contribution in [0.3, 0.4) is 0 Å². The number of benzene rings is 1. The van der Waals surface area contributed by atoms with E-state index in [1.54, 1.807) is 28.6 Å². The highest BCUT2D eigenvalue weighted by Crippen LogP contribution is 2.26. The molecular weight excluding hydrogens is 338 g/mol. The maximum atomic E-state index is 12.5. The molecule has 1 aromatic rings. The Morgan fingerprint density at radius 3 is 2.56 bits per heavy atom. The highest BCUT2D eigenvalue weighted by atomic mass is 79.9. The Morgan fingerprint density at radius 1 is 1.28 bits per heavy atom. The van der Waals surface area contributed by atoms with Gasteiger partial charge in [-0.2, -0.15) is 4.31 Å². The maximum Gasteiger partial charge on any atom is 0.243 e. The molecule has 0 spiro atoms. The molecule has 1 saturated heterocycles. The van der Waals surface area contributed by atoms with Crippen LogP contribution in [0.5, 0.6) is 0 Å². The van der Waals surface area contributed by atoms with Crippen molar-refractivity contribution in [3.8, 4) is 0 Å². The Labute approximate surface area is 121 Å². The third-order valence-electron chi connectivity index (χ3n) is 3.17. The molecule has 1 atom stereocenters. The average Bonchev–Trinajstić information content (AvgIpc) is 2.39. The molecule has 0 radical (unpaired) electrons. The molecule has 1 aliphatic heterocycles. The van der Waals surface area contributed by atoms with E-state index < -0.39 is 10.0 Å². The number of nitrogens with zero attached hydrogens (tertiary/aromatic N) is 1. The molecule has 0 aromatic heterocycles. The van der Waals surface area contributed by atoms with Crippen LogP contribution < -0.4 is 0 Å². The molecular formula is C12H15BrClNO2S. The van der Waals surface area contributed by atoms with E-state index in [1.165, 1.54) is 0 Å². The third kappa shape index (κ3) is 2.90. The lowest BCUT2D eigenvalue weighted by molar-refractivity contribution is 0.271. The van der Waals surface area contributed by atoms with Gasteiger partial charge in [-0.05, 0) is 37.1 Å². The molecule has 6 heteroatoms. The largest absolute Gasteiger partial charge is 0.243 e. The molecule has 0 N–H and O–H groups in total. The van der Waals surface area contributed by atoms with E-state index in [0.717, 1.165) is 23.7 Å². The van der Waals surface area contributed by atoms with E-state index >= 15 is 0 Å². The van der Waals surface area contributed by atoms with Gasteiger partial charge < -0.3 is 0 Å². The van der Waals surface area contributed by atoms with Gasteiger partial charge in [0.2, 0.25) is 10.0 Å². The summed E-state index contributed by atoms with van der Waals surface area (Å²) in [5.74, 6) is 0.357. The molecule has 0 amide bonds. The first-order valence-electron chi connectivity index (χ1n) is 5.89. The molecule has 1 aromatic carbocycles. The predicted octanol–water partition coefficient (Wildman–Crippen LogP) is 3.23. The van der Waals surface area contributed by atoms with E-state index in [4.69, 9.17) is 11.6 Å². The van der Waals surface area contributed by atoms with Crippen LogP contribution in [0.25, 0.3) is 0 Å². The summed E-state index contributed by atoms with van der Waals surface area (Å²) in [5, 5.41) is 0. The van der Waals surface area contributed by atoms with Crippen LogP contribution in [0, 0.1) is 0 Å². The minimum atomic E-state index is -3.41. The van der Waals surface area contributed by atoms with E-state index in [9.17, 15) is 8.42 Å². The third-order valence-corrected chi connectivity index (χ3v) is 6.02. The van der Waals surface area contributed by atoms with Gasteiger partial charge in [0.1, 0.15) is 0 Å². The molecule has 1 unspecified atom stereocenters. The molecule has 3 nitrogen and oxygen atoms in total. The van der Waals surface area contributed by atoms with Crippen LogP contribution >= 0.6 is 27.5 Å². The Morgan fingerprint density at radius 2 is 1.94 bits per heavy atom. The monoisotopic (exact) mass is 351 g/mol. The lowest BCUT2D eigenvalue weighted by atomic mass is 10.1. The number of sulfonamides is 1. The number of piperidine rings is 1. The fourth-order valence-corrected chi connectivity index (χ4v) is 4.55. The minimum Gasteiger partial charge on any atom is -0.207 e. The second-order valence-corrected chi connectivity index (χ2v) is 7.49. The Hall–Kier alpha value is -0.100. The fraction of sp³-hybridized carbons (Fsp3) is 0.500. The summed E-state index contributed by atoms with van der Waals surface area (Å²) in [7, 11) is -3.41. The first-order valence-corrected chi connectivity index (χ1v) is 8.66. The van der Waals surface area contributed by atoms with Crippen molar-refractivity contribution in [1.29, 1.82) is 0 Å². The normalized spacial score (nSPS) is 22.0. The zero-order valence-corrected chi connectivity index (χ0v) is 13.0. The van der Waals surface area contributed by atoms with Crippen LogP contribution in [0.15, 0.2) is 33.6 Å². The number of hydrogen-bond donors (Lipinski definition) is 0. The van der Waals surface area contributed by atoms with Crippen molar-refractivity contribution in [1.82, 2.24) is 4.31 Å². The van der Waals surface area contributed by atoms with Gasteiger partial charge >= 0.3 is 0 Å². The van der Waals surface area contributed by atoms with Crippen molar-refractivity contribution < 1.29 is 8.42 Å². The molecule has 1 heterocycles. The van der Waals surface area contributed by atoms with Crippen LogP contribution in [0.4, 0.5) is 0 Å². The quantitative estimate of drug-likeness (QED) is 0.783. The number of halogens is 2.